The predicted octanol–water partition coefficient (Wildman–Crippen LogP) is 1.91. The number of carbonyl (C=O) groups is 2. The van der Waals surface area contributed by atoms with Crippen LogP contribution >= 0.6 is 0 Å². The Morgan fingerprint density at radius 3 is 2.30 bits per heavy atom. The zero-order valence-corrected chi connectivity index (χ0v) is 13.0. The number of nitrogens with zero attached hydrogens (tertiary/aromatic N) is 2. The minimum absolute atomic E-state index is 0.0221. The first-order valence-electron chi connectivity index (χ1n) is 7.53. The fraction of sp³-hybridized carbons (Fsp3) is 0.500. The molecule has 2 rings (SSSR count). The van der Waals surface area contributed by atoms with E-state index < -0.39 is 6.61 Å². The van der Waals surface area contributed by atoms with Gasteiger partial charge in [0, 0.05) is 33.1 Å². The molecule has 0 aliphatic carbocycles. The zero-order chi connectivity index (χ0) is 16.8. The summed E-state index contributed by atoms with van der Waals surface area (Å²) >= 11 is 0. The van der Waals surface area contributed by atoms with Crippen LogP contribution in [0.1, 0.15) is 18.9 Å². The minimum Gasteiger partial charge on any atom is -0.435 e. The minimum atomic E-state index is -2.86. The average Bonchev–Trinajstić information content (AvgIpc) is 2.75. The fourth-order valence-corrected chi connectivity index (χ4v) is 2.56. The monoisotopic (exact) mass is 326 g/mol. The van der Waals surface area contributed by atoms with Gasteiger partial charge >= 0.3 is 6.61 Å². The lowest BCUT2D eigenvalue weighted by molar-refractivity contribution is -0.132. The van der Waals surface area contributed by atoms with Crippen LogP contribution in [0.25, 0.3) is 0 Å². The molecule has 0 spiro atoms. The second kappa shape index (κ2) is 7.89. The SMILES string of the molecule is CC(=O)N1CCCN(C(=O)Cc2ccc(OC(F)F)cc2)CC1. The van der Waals surface area contributed by atoms with E-state index in [9.17, 15) is 18.4 Å². The maximum atomic E-state index is 12.3. The van der Waals surface area contributed by atoms with Gasteiger partial charge in [0.05, 0.1) is 6.42 Å². The van der Waals surface area contributed by atoms with Crippen LogP contribution in [0.2, 0.25) is 0 Å². The molecule has 1 saturated heterocycles. The van der Waals surface area contributed by atoms with Crippen LogP contribution in [-0.4, -0.2) is 54.4 Å². The van der Waals surface area contributed by atoms with Gasteiger partial charge in [-0.1, -0.05) is 12.1 Å². The van der Waals surface area contributed by atoms with E-state index >= 15 is 0 Å². The van der Waals surface area contributed by atoms with Crippen LogP contribution in [0.3, 0.4) is 0 Å². The molecule has 1 heterocycles. The van der Waals surface area contributed by atoms with Crippen molar-refractivity contribution < 1.29 is 23.1 Å². The van der Waals surface area contributed by atoms with E-state index in [1.165, 1.54) is 19.1 Å². The summed E-state index contributed by atoms with van der Waals surface area (Å²) in [7, 11) is 0. The smallest absolute Gasteiger partial charge is 0.387 e. The van der Waals surface area contributed by atoms with E-state index in [1.54, 1.807) is 21.9 Å². The molecule has 1 aliphatic rings. The van der Waals surface area contributed by atoms with Gasteiger partial charge in [0.25, 0.3) is 0 Å². The first-order valence-corrected chi connectivity index (χ1v) is 7.53. The van der Waals surface area contributed by atoms with Crippen molar-refractivity contribution in [2.24, 2.45) is 0 Å². The van der Waals surface area contributed by atoms with Gasteiger partial charge in [-0.2, -0.15) is 8.78 Å². The summed E-state index contributed by atoms with van der Waals surface area (Å²) in [6, 6.07) is 6.06. The Morgan fingerprint density at radius 2 is 1.70 bits per heavy atom. The van der Waals surface area contributed by atoms with Crippen LogP contribution in [0.15, 0.2) is 24.3 Å². The van der Waals surface area contributed by atoms with Crippen LogP contribution in [-0.2, 0) is 16.0 Å². The highest BCUT2D eigenvalue weighted by Crippen LogP contribution is 2.16. The molecule has 2 amide bonds. The third-order valence-electron chi connectivity index (χ3n) is 3.80. The lowest BCUT2D eigenvalue weighted by Gasteiger charge is -2.21. The van der Waals surface area contributed by atoms with Crippen molar-refractivity contribution in [1.29, 1.82) is 0 Å². The van der Waals surface area contributed by atoms with Crippen molar-refractivity contribution in [3.05, 3.63) is 29.8 Å². The molecule has 0 aromatic heterocycles. The number of benzene rings is 1. The molecule has 5 nitrogen and oxygen atoms in total. The van der Waals surface area contributed by atoms with Gasteiger partial charge in [-0.25, -0.2) is 0 Å². The first kappa shape index (κ1) is 17.2. The predicted molar refractivity (Wildman–Crippen MR) is 80.2 cm³/mol. The highest BCUT2D eigenvalue weighted by atomic mass is 19.3. The van der Waals surface area contributed by atoms with Gasteiger partial charge in [0.1, 0.15) is 5.75 Å². The number of carbonyl (C=O) groups excluding carboxylic acids is 2. The standard InChI is InChI=1S/C16H20F2N2O3/c1-12(21)19-7-2-8-20(10-9-19)15(22)11-13-3-5-14(6-4-13)23-16(17)18/h3-6,16H,2,7-11H2,1H3. The van der Waals surface area contributed by atoms with Crippen molar-refractivity contribution in [2.45, 2.75) is 26.4 Å². The van der Waals surface area contributed by atoms with Crippen LogP contribution in [0.4, 0.5) is 8.78 Å². The zero-order valence-electron chi connectivity index (χ0n) is 13.0. The second-order valence-corrected chi connectivity index (χ2v) is 5.44. The van der Waals surface area contributed by atoms with Crippen LogP contribution < -0.4 is 4.74 Å². The van der Waals surface area contributed by atoms with Gasteiger partial charge in [0.15, 0.2) is 0 Å². The Hall–Kier alpha value is -2.18. The highest BCUT2D eigenvalue weighted by Gasteiger charge is 2.20. The molecule has 1 fully saturated rings. The summed E-state index contributed by atoms with van der Waals surface area (Å²) in [6.45, 7) is 1.02. The number of halogens is 2. The average molecular weight is 326 g/mol. The number of hydrogen-bond donors (Lipinski definition) is 0. The van der Waals surface area contributed by atoms with Crippen molar-refractivity contribution in [3.8, 4) is 5.75 Å². The maximum Gasteiger partial charge on any atom is 0.387 e. The molecule has 0 unspecified atom stereocenters. The van der Waals surface area contributed by atoms with Gasteiger partial charge in [-0.3, -0.25) is 9.59 Å². The quantitative estimate of drug-likeness (QED) is 0.849. The highest BCUT2D eigenvalue weighted by molar-refractivity contribution is 5.79. The van der Waals surface area contributed by atoms with Crippen LogP contribution in [0, 0.1) is 0 Å². The third kappa shape index (κ3) is 5.19. The number of rotatable bonds is 4. The summed E-state index contributed by atoms with van der Waals surface area (Å²) < 4.78 is 28.5. The molecule has 23 heavy (non-hydrogen) atoms. The number of amides is 2. The summed E-state index contributed by atoms with van der Waals surface area (Å²) in [6.07, 6.45) is 0.960. The van der Waals surface area contributed by atoms with E-state index in [-0.39, 0.29) is 24.0 Å². The second-order valence-electron chi connectivity index (χ2n) is 5.44. The summed E-state index contributed by atoms with van der Waals surface area (Å²) in [5, 5.41) is 0. The van der Waals surface area contributed by atoms with E-state index in [0.29, 0.717) is 26.2 Å². The van der Waals surface area contributed by atoms with Gasteiger partial charge in [-0.15, -0.1) is 0 Å². The van der Waals surface area contributed by atoms with Crippen molar-refractivity contribution in [1.82, 2.24) is 9.80 Å². The summed E-state index contributed by atoms with van der Waals surface area (Å²) in [5.41, 5.74) is 0.740. The molecule has 0 N–H and O–H groups in total. The van der Waals surface area contributed by atoms with Crippen LogP contribution in [0.5, 0.6) is 5.75 Å². The Balaban J connectivity index is 1.89. The molecule has 0 saturated carbocycles. The lowest BCUT2D eigenvalue weighted by atomic mass is 10.1. The Morgan fingerprint density at radius 1 is 1.09 bits per heavy atom. The molecule has 7 heteroatoms. The molecule has 126 valence electrons. The molecule has 1 aromatic carbocycles. The van der Waals surface area contributed by atoms with E-state index in [4.69, 9.17) is 0 Å². The van der Waals surface area contributed by atoms with E-state index in [1.807, 2.05) is 0 Å². The van der Waals surface area contributed by atoms with Gasteiger partial charge in [-0.05, 0) is 24.1 Å². The Kier molecular flexibility index (Phi) is 5.90. The molecule has 0 bridgehead atoms. The molecule has 0 atom stereocenters. The van der Waals surface area contributed by atoms with Gasteiger partial charge < -0.3 is 14.5 Å². The molecule has 1 aliphatic heterocycles. The van der Waals surface area contributed by atoms with Gasteiger partial charge in [0.2, 0.25) is 11.8 Å². The van der Waals surface area contributed by atoms with E-state index in [2.05, 4.69) is 4.74 Å². The summed E-state index contributed by atoms with van der Waals surface area (Å²) in [4.78, 5) is 27.2. The topological polar surface area (TPSA) is 49.9 Å². The normalized spacial score (nSPS) is 15.5. The summed E-state index contributed by atoms with van der Waals surface area (Å²) in [5.74, 6) is 0.0647. The maximum absolute atomic E-state index is 12.3. The van der Waals surface area contributed by atoms with E-state index in [0.717, 1.165) is 12.0 Å². The molecular formula is C16H20F2N2O3. The Bertz CT molecular complexity index is 549. The molecular weight excluding hydrogens is 306 g/mol. The third-order valence-corrected chi connectivity index (χ3v) is 3.80. The number of hydrogen-bond acceptors (Lipinski definition) is 3. The van der Waals surface area contributed by atoms with Crippen molar-refractivity contribution in [3.63, 3.8) is 0 Å². The first-order chi connectivity index (χ1) is 11.0. The number of ether oxygens (including phenoxy) is 1. The van der Waals surface area contributed by atoms with Crippen molar-refractivity contribution in [2.75, 3.05) is 26.2 Å². The fourth-order valence-electron chi connectivity index (χ4n) is 2.56. The number of alkyl halides is 2. The lowest BCUT2D eigenvalue weighted by Crippen LogP contribution is -2.37. The Labute approximate surface area is 133 Å². The largest absolute Gasteiger partial charge is 0.435 e. The molecule has 1 aromatic rings. The van der Waals surface area contributed by atoms with Crippen molar-refractivity contribution >= 4 is 11.8 Å². The molecule has 0 radical (unpaired) electrons.